The lowest BCUT2D eigenvalue weighted by molar-refractivity contribution is 0.0608. The summed E-state index contributed by atoms with van der Waals surface area (Å²) < 4.78 is 0. The molecule has 1 aromatic rings. The number of rotatable bonds is 2. The Morgan fingerprint density at radius 1 is 1.47 bits per heavy atom. The molecule has 92 valence electrons. The van der Waals surface area contributed by atoms with E-state index in [0.717, 1.165) is 25.8 Å². The number of carbonyl (C=O) groups excluding carboxylic acids is 1. The lowest BCUT2D eigenvalue weighted by Gasteiger charge is -2.35. The molecule has 0 radical (unpaired) electrons. The summed E-state index contributed by atoms with van der Waals surface area (Å²) in [6.07, 6.45) is 4.51. The average Bonchev–Trinajstić information content (AvgIpc) is 2.38. The van der Waals surface area contributed by atoms with Crippen molar-refractivity contribution in [2.75, 3.05) is 6.54 Å². The van der Waals surface area contributed by atoms with Gasteiger partial charge in [0.05, 0.1) is 0 Å². The van der Waals surface area contributed by atoms with Gasteiger partial charge in [-0.2, -0.15) is 0 Å². The van der Waals surface area contributed by atoms with E-state index in [1.54, 1.807) is 12.1 Å². The Morgan fingerprint density at radius 3 is 3.00 bits per heavy atom. The van der Waals surface area contributed by atoms with Crippen molar-refractivity contribution in [2.45, 2.75) is 38.6 Å². The molecule has 3 heteroatoms. The van der Waals surface area contributed by atoms with E-state index < -0.39 is 0 Å². The van der Waals surface area contributed by atoms with Gasteiger partial charge >= 0.3 is 0 Å². The first kappa shape index (κ1) is 12.4. The predicted octanol–water partition coefficient (Wildman–Crippen LogP) is 3.74. The van der Waals surface area contributed by atoms with Crippen LogP contribution in [0.4, 0.5) is 0 Å². The smallest absolute Gasteiger partial charge is 0.254 e. The Kier molecular flexibility index (Phi) is 4.06. The Morgan fingerprint density at radius 2 is 2.29 bits per heavy atom. The monoisotopic (exact) mass is 251 g/mol. The number of hydrogen-bond donors (Lipinski definition) is 0. The summed E-state index contributed by atoms with van der Waals surface area (Å²) in [6.45, 7) is 3.03. The van der Waals surface area contributed by atoms with E-state index in [9.17, 15) is 4.79 Å². The van der Waals surface area contributed by atoms with Crippen molar-refractivity contribution < 1.29 is 4.79 Å². The van der Waals surface area contributed by atoms with Crippen LogP contribution in [0.15, 0.2) is 24.3 Å². The summed E-state index contributed by atoms with van der Waals surface area (Å²) in [4.78, 5) is 14.4. The Hall–Kier alpha value is -1.02. The molecule has 1 aliphatic heterocycles. The molecule has 1 heterocycles. The zero-order valence-corrected chi connectivity index (χ0v) is 10.9. The first-order valence-corrected chi connectivity index (χ1v) is 6.66. The summed E-state index contributed by atoms with van der Waals surface area (Å²) in [7, 11) is 0. The minimum absolute atomic E-state index is 0.124. The normalized spacial score (nSPS) is 20.4. The van der Waals surface area contributed by atoms with Gasteiger partial charge in [0, 0.05) is 23.2 Å². The van der Waals surface area contributed by atoms with Crippen molar-refractivity contribution in [3.05, 3.63) is 34.9 Å². The lowest BCUT2D eigenvalue weighted by atomic mass is 9.99. The van der Waals surface area contributed by atoms with Crippen LogP contribution in [0.5, 0.6) is 0 Å². The van der Waals surface area contributed by atoms with E-state index in [2.05, 4.69) is 6.92 Å². The molecular weight excluding hydrogens is 234 g/mol. The quantitative estimate of drug-likeness (QED) is 0.784. The molecule has 1 atom stereocenters. The van der Waals surface area contributed by atoms with Crippen molar-refractivity contribution in [3.8, 4) is 0 Å². The second-order valence-corrected chi connectivity index (χ2v) is 5.00. The molecule has 1 fully saturated rings. The minimum Gasteiger partial charge on any atom is -0.336 e. The van der Waals surface area contributed by atoms with Gasteiger partial charge in [-0.1, -0.05) is 24.6 Å². The molecular formula is C14H18ClNO. The third-order valence-electron chi connectivity index (χ3n) is 3.43. The predicted molar refractivity (Wildman–Crippen MR) is 70.4 cm³/mol. The summed E-state index contributed by atoms with van der Waals surface area (Å²) in [5.41, 5.74) is 0.706. The summed E-state index contributed by atoms with van der Waals surface area (Å²) in [5, 5.41) is 0.626. The van der Waals surface area contributed by atoms with Gasteiger partial charge in [-0.3, -0.25) is 4.79 Å². The molecule has 2 nitrogen and oxygen atoms in total. The molecule has 2 rings (SSSR count). The van der Waals surface area contributed by atoms with Crippen molar-refractivity contribution >= 4 is 17.5 Å². The van der Waals surface area contributed by atoms with Crippen molar-refractivity contribution in [2.24, 2.45) is 0 Å². The van der Waals surface area contributed by atoms with Crippen molar-refractivity contribution in [1.29, 1.82) is 0 Å². The minimum atomic E-state index is 0.124. The molecule has 0 bridgehead atoms. The summed E-state index contributed by atoms with van der Waals surface area (Å²) in [6, 6.07) is 7.63. The number of hydrogen-bond acceptors (Lipinski definition) is 1. The molecule has 0 unspecified atom stereocenters. The van der Waals surface area contributed by atoms with Crippen LogP contribution < -0.4 is 0 Å². The van der Waals surface area contributed by atoms with Gasteiger partial charge in [-0.05, 0) is 43.9 Å². The molecule has 1 aromatic carbocycles. The molecule has 1 aliphatic rings. The van der Waals surface area contributed by atoms with Gasteiger partial charge in [0.1, 0.15) is 0 Å². The third-order valence-corrected chi connectivity index (χ3v) is 3.67. The number of piperidine rings is 1. The summed E-state index contributed by atoms with van der Waals surface area (Å²) >= 11 is 5.93. The van der Waals surface area contributed by atoms with Crippen LogP contribution in [-0.2, 0) is 0 Å². The van der Waals surface area contributed by atoms with E-state index in [1.807, 2.05) is 17.0 Å². The zero-order valence-electron chi connectivity index (χ0n) is 10.2. The van der Waals surface area contributed by atoms with Crippen LogP contribution in [0.1, 0.15) is 43.0 Å². The first-order valence-electron chi connectivity index (χ1n) is 6.29. The van der Waals surface area contributed by atoms with E-state index in [1.165, 1.54) is 6.42 Å². The Bertz CT molecular complexity index is 405. The van der Waals surface area contributed by atoms with Gasteiger partial charge in [0.25, 0.3) is 5.91 Å². The molecule has 17 heavy (non-hydrogen) atoms. The Labute approximate surface area is 108 Å². The number of halogens is 1. The van der Waals surface area contributed by atoms with Gasteiger partial charge in [0.2, 0.25) is 0 Å². The number of amides is 1. The highest BCUT2D eigenvalue weighted by atomic mass is 35.5. The number of benzene rings is 1. The Balaban J connectivity index is 2.18. The fourth-order valence-electron chi connectivity index (χ4n) is 2.48. The van der Waals surface area contributed by atoms with Crippen LogP contribution in [0.2, 0.25) is 5.02 Å². The van der Waals surface area contributed by atoms with E-state index in [-0.39, 0.29) is 5.91 Å². The molecule has 1 saturated heterocycles. The van der Waals surface area contributed by atoms with Gasteiger partial charge < -0.3 is 4.90 Å². The molecule has 0 spiro atoms. The second kappa shape index (κ2) is 5.54. The second-order valence-electron chi connectivity index (χ2n) is 4.57. The van der Waals surface area contributed by atoms with E-state index in [4.69, 9.17) is 11.6 Å². The van der Waals surface area contributed by atoms with Gasteiger partial charge in [-0.25, -0.2) is 0 Å². The van der Waals surface area contributed by atoms with Crippen LogP contribution >= 0.6 is 11.6 Å². The molecule has 0 N–H and O–H groups in total. The number of likely N-dealkylation sites (tertiary alicyclic amines) is 1. The number of carbonyl (C=O) groups is 1. The highest BCUT2D eigenvalue weighted by molar-refractivity contribution is 6.30. The maximum atomic E-state index is 12.4. The maximum absolute atomic E-state index is 12.4. The largest absolute Gasteiger partial charge is 0.336 e. The van der Waals surface area contributed by atoms with Crippen LogP contribution in [0.3, 0.4) is 0 Å². The summed E-state index contributed by atoms with van der Waals surface area (Å²) in [5.74, 6) is 0.124. The average molecular weight is 252 g/mol. The lowest BCUT2D eigenvalue weighted by Crippen LogP contribution is -2.43. The SMILES string of the molecule is CC[C@H]1CCCCN1C(=O)c1cccc(Cl)c1. The van der Waals surface area contributed by atoms with Crippen LogP contribution in [-0.4, -0.2) is 23.4 Å². The third kappa shape index (κ3) is 2.81. The van der Waals surface area contributed by atoms with Crippen molar-refractivity contribution in [3.63, 3.8) is 0 Å². The zero-order chi connectivity index (χ0) is 12.3. The van der Waals surface area contributed by atoms with Crippen LogP contribution in [0.25, 0.3) is 0 Å². The molecule has 1 amide bonds. The standard InChI is InChI=1S/C14H18ClNO/c1-2-13-8-3-4-9-16(13)14(17)11-6-5-7-12(15)10-11/h5-7,10,13H,2-4,8-9H2,1H3/t13-/m0/s1. The first-order chi connectivity index (χ1) is 8.22. The number of nitrogens with zero attached hydrogens (tertiary/aromatic N) is 1. The molecule has 0 aromatic heterocycles. The maximum Gasteiger partial charge on any atom is 0.254 e. The highest BCUT2D eigenvalue weighted by Gasteiger charge is 2.25. The molecule has 0 aliphatic carbocycles. The van der Waals surface area contributed by atoms with Crippen LogP contribution in [0, 0.1) is 0 Å². The van der Waals surface area contributed by atoms with E-state index >= 15 is 0 Å². The fraction of sp³-hybridized carbons (Fsp3) is 0.500. The highest BCUT2D eigenvalue weighted by Crippen LogP contribution is 2.22. The fourth-order valence-corrected chi connectivity index (χ4v) is 2.67. The van der Waals surface area contributed by atoms with Gasteiger partial charge in [0.15, 0.2) is 0 Å². The van der Waals surface area contributed by atoms with Gasteiger partial charge in [-0.15, -0.1) is 0 Å². The molecule has 0 saturated carbocycles. The van der Waals surface area contributed by atoms with Crippen molar-refractivity contribution in [1.82, 2.24) is 4.90 Å². The topological polar surface area (TPSA) is 20.3 Å². The van der Waals surface area contributed by atoms with E-state index in [0.29, 0.717) is 16.6 Å².